The largest absolute Gasteiger partial charge is 0.341 e. The monoisotopic (exact) mass is 488 g/mol. The highest BCUT2D eigenvalue weighted by atomic mass is 32.2. The predicted molar refractivity (Wildman–Crippen MR) is 124 cm³/mol. The van der Waals surface area contributed by atoms with Gasteiger partial charge in [0.25, 0.3) is 15.7 Å². The van der Waals surface area contributed by atoms with Gasteiger partial charge in [0, 0.05) is 31.6 Å². The van der Waals surface area contributed by atoms with Crippen molar-refractivity contribution in [2.75, 3.05) is 19.6 Å². The van der Waals surface area contributed by atoms with E-state index in [1.54, 1.807) is 4.90 Å². The van der Waals surface area contributed by atoms with Gasteiger partial charge in [0.05, 0.1) is 23.6 Å². The van der Waals surface area contributed by atoms with E-state index < -0.39 is 31.6 Å². The number of nitro groups is 1. The molecule has 182 valence electrons. The maximum atomic E-state index is 13.7. The fraction of sp³-hybridized carbons (Fsp3) is 0.435. The lowest BCUT2D eigenvalue weighted by Crippen LogP contribution is -2.55. The maximum absolute atomic E-state index is 13.7. The highest BCUT2D eigenvalue weighted by molar-refractivity contribution is 7.89. The summed E-state index contributed by atoms with van der Waals surface area (Å²) in [5.41, 5.74) is 0.250. The van der Waals surface area contributed by atoms with Crippen LogP contribution in [0.1, 0.15) is 25.3 Å². The third kappa shape index (κ3) is 4.83. The van der Waals surface area contributed by atoms with E-state index in [1.165, 1.54) is 18.2 Å². The number of carbonyl (C=O) groups is 1. The van der Waals surface area contributed by atoms with Crippen LogP contribution in [0.2, 0.25) is 0 Å². The molecule has 0 unspecified atom stereocenters. The smallest absolute Gasteiger partial charge is 0.289 e. The van der Waals surface area contributed by atoms with E-state index in [2.05, 4.69) is 5.32 Å². The molecular weight excluding hydrogens is 460 g/mol. The number of piperidine rings is 1. The van der Waals surface area contributed by atoms with Crippen LogP contribution < -0.4 is 5.32 Å². The Kier molecular flexibility index (Phi) is 7.27. The van der Waals surface area contributed by atoms with Gasteiger partial charge in [-0.3, -0.25) is 19.7 Å². The Labute approximate surface area is 198 Å². The van der Waals surface area contributed by atoms with Crippen LogP contribution in [0.25, 0.3) is 0 Å². The van der Waals surface area contributed by atoms with E-state index in [1.807, 2.05) is 37.3 Å². The zero-order valence-corrected chi connectivity index (χ0v) is 19.7. The molecule has 2 fully saturated rings. The Balaban J connectivity index is 1.64. The molecule has 1 N–H and O–H groups in total. The van der Waals surface area contributed by atoms with E-state index in [9.17, 15) is 23.3 Å². The van der Waals surface area contributed by atoms with Crippen molar-refractivity contribution in [3.63, 3.8) is 0 Å². The maximum Gasteiger partial charge on any atom is 0.289 e. The molecular formula is C23H28N4O6S. The number of nitro benzene ring substituents is 1. The van der Waals surface area contributed by atoms with E-state index in [-0.39, 0.29) is 31.0 Å². The number of hydrogen-bond acceptors (Lipinski definition) is 7. The van der Waals surface area contributed by atoms with Crippen molar-refractivity contribution in [3.05, 3.63) is 70.3 Å². The van der Waals surface area contributed by atoms with Crippen LogP contribution in [0.15, 0.2) is 59.5 Å². The van der Waals surface area contributed by atoms with E-state index in [0.717, 1.165) is 22.5 Å². The second kappa shape index (κ2) is 10.2. The average Bonchev–Trinajstić information content (AvgIpc) is 3.14. The molecule has 2 aromatic carbocycles. The summed E-state index contributed by atoms with van der Waals surface area (Å²) >= 11 is 0. The molecule has 2 heterocycles. The number of benzene rings is 2. The van der Waals surface area contributed by atoms with Crippen LogP contribution in [0, 0.1) is 16.0 Å². The van der Waals surface area contributed by atoms with Crippen LogP contribution in [-0.2, 0) is 26.3 Å². The molecule has 2 aliphatic heterocycles. The number of hydroxylamine groups is 1. The van der Waals surface area contributed by atoms with Gasteiger partial charge >= 0.3 is 0 Å². The lowest BCUT2D eigenvalue weighted by atomic mass is 9.91. The van der Waals surface area contributed by atoms with Gasteiger partial charge < -0.3 is 10.2 Å². The Morgan fingerprint density at radius 3 is 2.59 bits per heavy atom. The molecule has 0 spiro atoms. The van der Waals surface area contributed by atoms with Crippen molar-refractivity contribution in [2.24, 2.45) is 5.92 Å². The first-order valence-corrected chi connectivity index (χ1v) is 12.7. The number of rotatable bonds is 9. The topological polar surface area (TPSA) is 122 Å². The molecule has 0 radical (unpaired) electrons. The minimum Gasteiger partial charge on any atom is -0.341 e. The first kappa shape index (κ1) is 24.3. The standard InChI is InChI=1S/C23H28N4O6S/c1-2-12-25-15-18-13-19(14-24-22(18)23(25)28)27(33-16-17-8-4-3-5-9-17)34(31,32)21-11-7-6-10-20(21)26(29)30/h3-11,18-19,22,24H,2,12-16H2,1H3/t18-,19+,22-/m0/s1. The lowest BCUT2D eigenvalue weighted by molar-refractivity contribution is -0.388. The van der Waals surface area contributed by atoms with Crippen molar-refractivity contribution in [3.8, 4) is 0 Å². The van der Waals surface area contributed by atoms with Gasteiger partial charge in [-0.05, 0) is 24.5 Å². The minimum atomic E-state index is -4.38. The third-order valence-corrected chi connectivity index (χ3v) is 8.00. The predicted octanol–water partition coefficient (Wildman–Crippen LogP) is 2.32. The SMILES string of the molecule is CCCN1C[C@@H]2C[C@@H](N(OCc3ccccc3)S(=O)(=O)c3ccccc3[N+](=O)[O-])CN[C@@H]2C1=O. The fourth-order valence-corrected chi connectivity index (χ4v) is 6.27. The second-order valence-corrected chi connectivity index (χ2v) is 10.3. The molecule has 0 bridgehead atoms. The number of nitrogens with one attached hydrogen (secondary N) is 1. The highest BCUT2D eigenvalue weighted by Crippen LogP contribution is 2.33. The summed E-state index contributed by atoms with van der Waals surface area (Å²) in [7, 11) is -4.38. The number of amides is 1. The lowest BCUT2D eigenvalue weighted by Gasteiger charge is -2.36. The number of nitrogens with zero attached hydrogens (tertiary/aromatic N) is 3. The number of hydrogen-bond donors (Lipinski definition) is 1. The Morgan fingerprint density at radius 1 is 1.18 bits per heavy atom. The first-order chi connectivity index (χ1) is 16.3. The summed E-state index contributed by atoms with van der Waals surface area (Å²) in [5, 5.41) is 14.8. The van der Waals surface area contributed by atoms with Gasteiger partial charge in [-0.25, -0.2) is 8.42 Å². The van der Waals surface area contributed by atoms with Crippen molar-refractivity contribution >= 4 is 21.6 Å². The van der Waals surface area contributed by atoms with Crippen molar-refractivity contribution in [2.45, 2.75) is 43.4 Å². The van der Waals surface area contributed by atoms with Crippen LogP contribution in [0.3, 0.4) is 0 Å². The van der Waals surface area contributed by atoms with E-state index in [4.69, 9.17) is 4.84 Å². The molecule has 0 aromatic heterocycles. The molecule has 0 aliphatic carbocycles. The molecule has 1 amide bonds. The number of sulfonamides is 1. The Bertz CT molecular complexity index is 1140. The van der Waals surface area contributed by atoms with E-state index >= 15 is 0 Å². The van der Waals surface area contributed by atoms with Gasteiger partial charge in [0.2, 0.25) is 5.91 Å². The van der Waals surface area contributed by atoms with Gasteiger partial charge in [-0.1, -0.05) is 53.9 Å². The molecule has 11 heteroatoms. The average molecular weight is 489 g/mol. The summed E-state index contributed by atoms with van der Waals surface area (Å²) in [4.78, 5) is 30.8. The van der Waals surface area contributed by atoms with Crippen LogP contribution in [0.5, 0.6) is 0 Å². The quantitative estimate of drug-likeness (QED) is 0.425. The normalized spacial score (nSPS) is 22.7. The number of fused-ring (bicyclic) bond motifs is 1. The molecule has 0 saturated carbocycles. The molecule has 3 atom stereocenters. The number of likely N-dealkylation sites (tertiary alicyclic amines) is 1. The molecule has 10 nitrogen and oxygen atoms in total. The van der Waals surface area contributed by atoms with Gasteiger partial charge in [-0.15, -0.1) is 0 Å². The van der Waals surface area contributed by atoms with Gasteiger partial charge in [0.15, 0.2) is 4.90 Å². The summed E-state index contributed by atoms with van der Waals surface area (Å²) in [5.74, 6) is -0.0507. The Morgan fingerprint density at radius 2 is 1.88 bits per heavy atom. The number of carbonyl (C=O) groups excluding carboxylic acids is 1. The summed E-state index contributed by atoms with van der Waals surface area (Å²) < 4.78 is 28.3. The zero-order chi connectivity index (χ0) is 24.3. The zero-order valence-electron chi connectivity index (χ0n) is 18.9. The molecule has 34 heavy (non-hydrogen) atoms. The minimum absolute atomic E-state index is 0.0216. The van der Waals surface area contributed by atoms with Crippen LogP contribution in [-0.4, -0.2) is 60.3 Å². The van der Waals surface area contributed by atoms with E-state index in [0.29, 0.717) is 19.5 Å². The summed E-state index contributed by atoms with van der Waals surface area (Å²) in [6.07, 6.45) is 1.24. The van der Waals surface area contributed by atoms with Crippen molar-refractivity contribution < 1.29 is 23.0 Å². The van der Waals surface area contributed by atoms with Crippen LogP contribution in [0.4, 0.5) is 5.69 Å². The molecule has 2 aliphatic rings. The van der Waals surface area contributed by atoms with Crippen molar-refractivity contribution in [1.29, 1.82) is 0 Å². The number of para-hydroxylation sites is 1. The summed E-state index contributed by atoms with van der Waals surface area (Å²) in [6.45, 7) is 3.37. The molecule has 2 saturated heterocycles. The third-order valence-electron chi connectivity index (χ3n) is 6.22. The highest BCUT2D eigenvalue weighted by Gasteiger charge is 2.47. The fourth-order valence-electron chi connectivity index (χ4n) is 4.68. The molecule has 2 aromatic rings. The summed E-state index contributed by atoms with van der Waals surface area (Å²) in [6, 6.07) is 13.4. The van der Waals surface area contributed by atoms with Gasteiger partial charge in [-0.2, -0.15) is 0 Å². The van der Waals surface area contributed by atoms with Gasteiger partial charge in [0.1, 0.15) is 0 Å². The second-order valence-electron chi connectivity index (χ2n) is 8.56. The first-order valence-electron chi connectivity index (χ1n) is 11.3. The van der Waals surface area contributed by atoms with Crippen molar-refractivity contribution in [1.82, 2.24) is 14.7 Å². The molecule has 4 rings (SSSR count). The van der Waals surface area contributed by atoms with Crippen LogP contribution >= 0.6 is 0 Å². The Hall–Kier alpha value is -2.86.